The van der Waals surface area contributed by atoms with Crippen molar-refractivity contribution in [3.63, 3.8) is 0 Å². The van der Waals surface area contributed by atoms with Gasteiger partial charge in [-0.3, -0.25) is 0 Å². The van der Waals surface area contributed by atoms with E-state index in [1.807, 2.05) is 0 Å². The van der Waals surface area contributed by atoms with Crippen LogP contribution in [0.2, 0.25) is 0 Å². The minimum atomic E-state index is -0.792. The molecule has 0 saturated carbocycles. The average Bonchev–Trinajstić information content (AvgIpc) is 2.31. The number of hydrogen-bond donors (Lipinski definition) is 2. The first-order valence-corrected chi connectivity index (χ1v) is 3.92. The van der Waals surface area contributed by atoms with Crippen LogP contribution in [0.25, 0.3) is 0 Å². The number of ether oxygens (including phenoxy) is 1. The first-order valence-electron chi connectivity index (χ1n) is 3.92. The number of hydrogen-bond acceptors (Lipinski definition) is 3. The molecule has 3 atom stereocenters. The molecule has 2 aliphatic rings. The summed E-state index contributed by atoms with van der Waals surface area (Å²) >= 11 is 0. The molecular formula is C8H12O3. The molecule has 3 heteroatoms. The van der Waals surface area contributed by atoms with E-state index in [0.717, 1.165) is 0 Å². The number of rotatable bonds is 0. The predicted molar refractivity (Wildman–Crippen MR) is 39.1 cm³/mol. The third kappa shape index (κ3) is 1.09. The Labute approximate surface area is 65.3 Å². The van der Waals surface area contributed by atoms with Crippen molar-refractivity contribution < 1.29 is 14.9 Å². The minimum absolute atomic E-state index is 0.192. The Balaban J connectivity index is 2.22. The van der Waals surface area contributed by atoms with Gasteiger partial charge in [-0.1, -0.05) is 12.2 Å². The van der Waals surface area contributed by atoms with Gasteiger partial charge in [-0.25, -0.2) is 0 Å². The first-order chi connectivity index (χ1) is 5.21. The molecule has 62 valence electrons. The average molecular weight is 156 g/mol. The largest absolute Gasteiger partial charge is 0.389 e. The Morgan fingerprint density at radius 1 is 1.55 bits per heavy atom. The second-order valence-corrected chi connectivity index (χ2v) is 3.26. The van der Waals surface area contributed by atoms with E-state index in [4.69, 9.17) is 4.74 Å². The zero-order chi connectivity index (χ0) is 7.90. The molecule has 0 amide bonds. The maximum atomic E-state index is 9.81. The Kier molecular flexibility index (Phi) is 1.52. The standard InChI is InChI=1S/C8H12O3/c9-6-1-2-8(10)3-4-11-7(8)5-6/h1-2,6-7,9-10H,3-5H2/t6?,7-,8+/m1/s1. The fraction of sp³-hybridized carbons (Fsp3) is 0.750. The van der Waals surface area contributed by atoms with Crippen LogP contribution in [0.3, 0.4) is 0 Å². The zero-order valence-corrected chi connectivity index (χ0v) is 6.23. The molecule has 1 aliphatic heterocycles. The van der Waals surface area contributed by atoms with E-state index in [2.05, 4.69) is 0 Å². The van der Waals surface area contributed by atoms with Crippen LogP contribution in [0.15, 0.2) is 12.2 Å². The van der Waals surface area contributed by atoms with Crippen molar-refractivity contribution in [2.45, 2.75) is 30.7 Å². The summed E-state index contributed by atoms with van der Waals surface area (Å²) in [6.07, 6.45) is 3.85. The number of aliphatic hydroxyl groups is 2. The van der Waals surface area contributed by atoms with Gasteiger partial charge in [-0.2, -0.15) is 0 Å². The van der Waals surface area contributed by atoms with E-state index < -0.39 is 11.7 Å². The molecule has 1 heterocycles. The summed E-state index contributed by atoms with van der Waals surface area (Å²) in [4.78, 5) is 0. The van der Waals surface area contributed by atoms with E-state index >= 15 is 0 Å². The second kappa shape index (κ2) is 2.30. The highest BCUT2D eigenvalue weighted by Gasteiger charge is 2.43. The molecule has 0 aromatic rings. The number of fused-ring (bicyclic) bond motifs is 1. The number of aliphatic hydroxyl groups excluding tert-OH is 1. The zero-order valence-electron chi connectivity index (χ0n) is 6.23. The van der Waals surface area contributed by atoms with Gasteiger partial charge in [-0.15, -0.1) is 0 Å². The Morgan fingerprint density at radius 3 is 3.18 bits per heavy atom. The summed E-state index contributed by atoms with van der Waals surface area (Å²) in [5, 5.41) is 19.0. The summed E-state index contributed by atoms with van der Waals surface area (Å²) in [5.41, 5.74) is -0.792. The van der Waals surface area contributed by atoms with E-state index in [1.54, 1.807) is 12.2 Å². The van der Waals surface area contributed by atoms with Crippen molar-refractivity contribution in [1.29, 1.82) is 0 Å². The molecule has 2 rings (SSSR count). The third-order valence-corrected chi connectivity index (χ3v) is 2.44. The van der Waals surface area contributed by atoms with Gasteiger partial charge in [0.15, 0.2) is 0 Å². The minimum Gasteiger partial charge on any atom is -0.389 e. The van der Waals surface area contributed by atoms with Gasteiger partial charge in [0.1, 0.15) is 5.60 Å². The van der Waals surface area contributed by atoms with Crippen molar-refractivity contribution in [2.24, 2.45) is 0 Å². The summed E-state index contributed by atoms with van der Waals surface area (Å²) in [7, 11) is 0. The fourth-order valence-electron chi connectivity index (χ4n) is 1.71. The molecule has 0 aromatic heterocycles. The highest BCUT2D eigenvalue weighted by molar-refractivity contribution is 5.15. The molecule has 0 aromatic carbocycles. The fourth-order valence-corrected chi connectivity index (χ4v) is 1.71. The van der Waals surface area contributed by atoms with Gasteiger partial charge in [0.2, 0.25) is 0 Å². The highest BCUT2D eigenvalue weighted by atomic mass is 16.5. The van der Waals surface area contributed by atoms with Crippen LogP contribution in [-0.2, 0) is 4.74 Å². The summed E-state index contributed by atoms with van der Waals surface area (Å²) < 4.78 is 5.27. The predicted octanol–water partition coefficient (Wildman–Crippen LogP) is -0.173. The van der Waals surface area contributed by atoms with Crippen molar-refractivity contribution in [3.05, 3.63) is 12.2 Å². The van der Waals surface area contributed by atoms with Gasteiger partial charge >= 0.3 is 0 Å². The van der Waals surface area contributed by atoms with E-state index in [1.165, 1.54) is 0 Å². The topological polar surface area (TPSA) is 49.7 Å². The quantitative estimate of drug-likeness (QED) is 0.479. The highest BCUT2D eigenvalue weighted by Crippen LogP contribution is 2.33. The molecule has 0 spiro atoms. The molecule has 1 unspecified atom stereocenters. The maximum absolute atomic E-state index is 9.81. The molecule has 0 radical (unpaired) electrons. The normalized spacial score (nSPS) is 49.3. The summed E-state index contributed by atoms with van der Waals surface area (Å²) in [5.74, 6) is 0. The third-order valence-electron chi connectivity index (χ3n) is 2.44. The van der Waals surface area contributed by atoms with Gasteiger partial charge < -0.3 is 14.9 Å². The molecule has 1 fully saturated rings. The first kappa shape index (κ1) is 7.28. The smallest absolute Gasteiger partial charge is 0.111 e. The van der Waals surface area contributed by atoms with Crippen LogP contribution in [0.5, 0.6) is 0 Å². The van der Waals surface area contributed by atoms with Crippen molar-refractivity contribution >= 4 is 0 Å². The van der Waals surface area contributed by atoms with Crippen molar-refractivity contribution in [3.8, 4) is 0 Å². The van der Waals surface area contributed by atoms with Gasteiger partial charge in [0.25, 0.3) is 0 Å². The van der Waals surface area contributed by atoms with Crippen LogP contribution < -0.4 is 0 Å². The molecule has 1 aliphatic carbocycles. The van der Waals surface area contributed by atoms with Gasteiger partial charge in [0, 0.05) is 12.8 Å². The lowest BCUT2D eigenvalue weighted by Crippen LogP contribution is -2.41. The molecule has 11 heavy (non-hydrogen) atoms. The maximum Gasteiger partial charge on any atom is 0.111 e. The Hall–Kier alpha value is -0.380. The lowest BCUT2D eigenvalue weighted by atomic mass is 9.86. The molecule has 1 saturated heterocycles. The second-order valence-electron chi connectivity index (χ2n) is 3.26. The van der Waals surface area contributed by atoms with E-state index in [0.29, 0.717) is 19.4 Å². The van der Waals surface area contributed by atoms with Crippen LogP contribution >= 0.6 is 0 Å². The lowest BCUT2D eigenvalue weighted by Gasteiger charge is -2.30. The molecule has 3 nitrogen and oxygen atoms in total. The Bertz CT molecular complexity index is 190. The summed E-state index contributed by atoms with van der Waals surface area (Å²) in [6, 6.07) is 0. The monoisotopic (exact) mass is 156 g/mol. The molecule has 0 bridgehead atoms. The van der Waals surface area contributed by atoms with Crippen LogP contribution in [0, 0.1) is 0 Å². The van der Waals surface area contributed by atoms with Crippen molar-refractivity contribution in [1.82, 2.24) is 0 Å². The van der Waals surface area contributed by atoms with E-state index in [9.17, 15) is 10.2 Å². The Morgan fingerprint density at radius 2 is 2.36 bits per heavy atom. The van der Waals surface area contributed by atoms with Crippen LogP contribution in [0.1, 0.15) is 12.8 Å². The lowest BCUT2D eigenvalue weighted by molar-refractivity contribution is -0.0336. The van der Waals surface area contributed by atoms with Crippen molar-refractivity contribution in [2.75, 3.05) is 6.61 Å². The van der Waals surface area contributed by atoms with Crippen LogP contribution in [-0.4, -0.2) is 34.6 Å². The summed E-state index contributed by atoms with van der Waals surface area (Å²) in [6.45, 7) is 0.595. The van der Waals surface area contributed by atoms with Crippen LogP contribution in [0.4, 0.5) is 0 Å². The SMILES string of the molecule is OC1C=C[C@]2(O)CCO[C@@H]2C1. The molecule has 2 N–H and O–H groups in total. The van der Waals surface area contributed by atoms with Gasteiger partial charge in [-0.05, 0) is 0 Å². The van der Waals surface area contributed by atoms with Gasteiger partial charge in [0.05, 0.1) is 18.8 Å². The van der Waals surface area contributed by atoms with E-state index in [-0.39, 0.29) is 6.10 Å². The molecular weight excluding hydrogens is 144 g/mol.